The van der Waals surface area contributed by atoms with Crippen molar-refractivity contribution in [2.75, 3.05) is 18.6 Å². The van der Waals surface area contributed by atoms with Gasteiger partial charge >= 0.3 is 5.97 Å². The minimum atomic E-state index is -1.67. The summed E-state index contributed by atoms with van der Waals surface area (Å²) in [5.41, 5.74) is 13.9. The van der Waals surface area contributed by atoms with Crippen LogP contribution in [-0.4, -0.2) is 59.6 Å². The molecule has 0 aliphatic heterocycles. The zero-order valence-electron chi connectivity index (χ0n) is 30.9. The summed E-state index contributed by atoms with van der Waals surface area (Å²) in [5, 5.41) is 35.7. The molecular formula is C40H37F2N9O7. The number of aromatic nitrogens is 6. The third kappa shape index (κ3) is 10.0. The van der Waals surface area contributed by atoms with E-state index in [1.807, 2.05) is 0 Å². The Labute approximate surface area is 330 Å². The number of aliphatic hydroxyl groups is 2. The van der Waals surface area contributed by atoms with Crippen molar-refractivity contribution in [3.8, 4) is 46.2 Å². The lowest BCUT2D eigenvalue weighted by Crippen LogP contribution is -2.19. The molecule has 6 aromatic rings. The standard InChI is InChI=1S/C20H17FN4O4.C19H16FN5O3.CH4/c1-11-24-25-19(29-11)20(2,27)8-7-12-5-4-6-13(9-12)16-14(21)10-15(22)17(23-16)18(26)28-3;1-10-24-25-18(28-10)19(2,27)7-6-11-4-3-5-12(8-11)15-13(20)9-14(21)16(23-15)17(22)26;/h4-6,9-10,27H,22H2,1-3H3;3-5,8-9,27H,21H2,1-2H3,(H2,22,26);1H4/t20-;19-;/m11./s1. The number of pyridine rings is 2. The Morgan fingerprint density at radius 3 is 1.52 bits per heavy atom. The molecule has 0 bridgehead atoms. The molecule has 0 aliphatic carbocycles. The van der Waals surface area contributed by atoms with Gasteiger partial charge in [-0.25, -0.2) is 23.5 Å². The van der Waals surface area contributed by atoms with Crippen LogP contribution in [0.3, 0.4) is 0 Å². The minimum absolute atomic E-state index is 0. The van der Waals surface area contributed by atoms with Gasteiger partial charge in [0.1, 0.15) is 11.4 Å². The quantitative estimate of drug-likeness (QED) is 0.116. The van der Waals surface area contributed by atoms with Crippen LogP contribution in [-0.2, 0) is 15.9 Å². The smallest absolute Gasteiger partial charge is 0.358 e. The van der Waals surface area contributed by atoms with E-state index < -0.39 is 34.7 Å². The van der Waals surface area contributed by atoms with Crippen molar-refractivity contribution in [3.63, 3.8) is 0 Å². The third-order valence-electron chi connectivity index (χ3n) is 7.68. The number of hydrogen-bond acceptors (Lipinski definition) is 15. The fourth-order valence-electron chi connectivity index (χ4n) is 4.84. The topological polar surface area (TPSA) is 266 Å². The van der Waals surface area contributed by atoms with E-state index in [0.29, 0.717) is 34.0 Å². The van der Waals surface area contributed by atoms with E-state index in [0.717, 1.165) is 12.1 Å². The number of esters is 1. The van der Waals surface area contributed by atoms with Crippen molar-refractivity contribution >= 4 is 23.3 Å². The molecule has 2 aromatic carbocycles. The number of amides is 1. The molecule has 18 heteroatoms. The highest BCUT2D eigenvalue weighted by Crippen LogP contribution is 2.27. The van der Waals surface area contributed by atoms with E-state index in [2.05, 4.69) is 58.8 Å². The Morgan fingerprint density at radius 2 is 1.14 bits per heavy atom. The van der Waals surface area contributed by atoms with Gasteiger partial charge in [-0.1, -0.05) is 55.4 Å². The number of carbonyl (C=O) groups excluding carboxylic acids is 2. The van der Waals surface area contributed by atoms with Crippen LogP contribution in [0.15, 0.2) is 69.5 Å². The van der Waals surface area contributed by atoms with Gasteiger partial charge in [-0.3, -0.25) is 4.79 Å². The molecule has 8 N–H and O–H groups in total. The zero-order valence-corrected chi connectivity index (χ0v) is 30.9. The molecule has 16 nitrogen and oxygen atoms in total. The highest BCUT2D eigenvalue weighted by Gasteiger charge is 2.28. The van der Waals surface area contributed by atoms with E-state index >= 15 is 0 Å². The normalized spacial score (nSPS) is 12.4. The monoisotopic (exact) mass is 793 g/mol. The average Bonchev–Trinajstić information content (AvgIpc) is 3.82. The van der Waals surface area contributed by atoms with Gasteiger partial charge in [-0.2, -0.15) is 0 Å². The second-order valence-corrected chi connectivity index (χ2v) is 12.4. The van der Waals surface area contributed by atoms with Crippen LogP contribution in [0.1, 0.15) is 76.9 Å². The van der Waals surface area contributed by atoms with E-state index in [1.165, 1.54) is 21.0 Å². The average molecular weight is 794 g/mol. The van der Waals surface area contributed by atoms with Crippen LogP contribution in [0.5, 0.6) is 0 Å². The number of primary amides is 1. The SMILES string of the molecule is C.COC(=O)c1nc(-c2cccc(C#C[C@@](C)(O)c3nnc(C)o3)c2)c(F)cc1N.Cc1nnc([C@](C)(O)C#Cc2cccc(-c3nc(C(N)=O)c(N)cc3F)c2)o1. The summed E-state index contributed by atoms with van der Waals surface area (Å²) in [4.78, 5) is 31.2. The predicted molar refractivity (Wildman–Crippen MR) is 206 cm³/mol. The minimum Gasteiger partial charge on any atom is -0.464 e. The maximum absolute atomic E-state index is 14.4. The van der Waals surface area contributed by atoms with Gasteiger partial charge in [0.2, 0.25) is 23.0 Å². The molecular weight excluding hydrogens is 756 g/mol. The van der Waals surface area contributed by atoms with Gasteiger partial charge in [0.25, 0.3) is 17.7 Å². The van der Waals surface area contributed by atoms with Crippen molar-refractivity contribution in [3.05, 3.63) is 118 Å². The maximum atomic E-state index is 14.4. The number of hydrogen-bond donors (Lipinski definition) is 5. The lowest BCUT2D eigenvalue weighted by Gasteiger charge is -2.10. The molecule has 1 amide bonds. The van der Waals surface area contributed by atoms with Crippen LogP contribution in [0.2, 0.25) is 0 Å². The molecule has 6 rings (SSSR count). The summed E-state index contributed by atoms with van der Waals surface area (Å²) in [6, 6.07) is 14.9. The summed E-state index contributed by atoms with van der Waals surface area (Å²) in [7, 11) is 1.18. The Balaban J connectivity index is 0.000000252. The summed E-state index contributed by atoms with van der Waals surface area (Å²) in [6.07, 6.45) is 0. The van der Waals surface area contributed by atoms with Crippen LogP contribution in [0.25, 0.3) is 22.5 Å². The molecule has 0 aliphatic rings. The molecule has 0 radical (unpaired) electrons. The fraction of sp³-hybridized carbons (Fsp3) is 0.200. The number of anilines is 2. The highest BCUT2D eigenvalue weighted by molar-refractivity contribution is 5.96. The van der Waals surface area contributed by atoms with Crippen LogP contribution in [0.4, 0.5) is 20.2 Å². The molecule has 58 heavy (non-hydrogen) atoms. The van der Waals surface area contributed by atoms with Crippen molar-refractivity contribution < 1.29 is 42.2 Å². The third-order valence-corrected chi connectivity index (χ3v) is 7.68. The van der Waals surface area contributed by atoms with Gasteiger partial charge < -0.3 is 41.0 Å². The van der Waals surface area contributed by atoms with Gasteiger partial charge in [0.15, 0.2) is 23.0 Å². The molecule has 2 atom stereocenters. The zero-order chi connectivity index (χ0) is 41.7. The molecule has 4 heterocycles. The molecule has 298 valence electrons. The van der Waals surface area contributed by atoms with Crippen molar-refractivity contribution in [1.29, 1.82) is 0 Å². The fourth-order valence-corrected chi connectivity index (χ4v) is 4.84. The van der Waals surface area contributed by atoms with Crippen molar-refractivity contribution in [2.45, 2.75) is 46.3 Å². The number of benzene rings is 2. The van der Waals surface area contributed by atoms with Crippen LogP contribution < -0.4 is 17.2 Å². The number of nitrogen functional groups attached to an aromatic ring is 2. The number of aryl methyl sites for hydroxylation is 2. The number of nitrogens with two attached hydrogens (primary N) is 3. The van der Waals surface area contributed by atoms with Gasteiger partial charge in [-0.05, 0) is 38.1 Å². The maximum Gasteiger partial charge on any atom is 0.358 e. The Morgan fingerprint density at radius 1 is 0.724 bits per heavy atom. The number of halogens is 2. The van der Waals surface area contributed by atoms with Crippen LogP contribution in [0, 0.1) is 49.2 Å². The lowest BCUT2D eigenvalue weighted by molar-refractivity contribution is 0.0595. The summed E-state index contributed by atoms with van der Waals surface area (Å²) < 4.78 is 43.8. The Kier molecular flexibility index (Phi) is 13.0. The molecule has 0 spiro atoms. The first-order valence-corrected chi connectivity index (χ1v) is 16.5. The molecule has 0 unspecified atom stereocenters. The summed E-state index contributed by atoms with van der Waals surface area (Å²) >= 11 is 0. The molecule has 4 aromatic heterocycles. The predicted octanol–water partition coefficient (Wildman–Crippen LogP) is 4.36. The second-order valence-electron chi connectivity index (χ2n) is 12.4. The number of ether oxygens (including phenoxy) is 1. The first-order valence-electron chi connectivity index (χ1n) is 16.5. The van der Waals surface area contributed by atoms with E-state index in [4.69, 9.17) is 26.0 Å². The number of rotatable bonds is 6. The van der Waals surface area contributed by atoms with Crippen LogP contribution >= 0.6 is 0 Å². The first-order chi connectivity index (χ1) is 26.9. The molecule has 0 fully saturated rings. The Hall–Kier alpha value is -7.54. The molecule has 0 saturated heterocycles. The van der Waals surface area contributed by atoms with E-state index in [9.17, 15) is 28.6 Å². The highest BCUT2D eigenvalue weighted by atomic mass is 19.1. The number of nitrogens with zero attached hydrogens (tertiary/aromatic N) is 6. The van der Waals surface area contributed by atoms with Gasteiger partial charge in [-0.15, -0.1) is 20.4 Å². The number of carbonyl (C=O) groups is 2. The largest absolute Gasteiger partial charge is 0.464 e. The molecule has 0 saturated carbocycles. The lowest BCUT2D eigenvalue weighted by atomic mass is 10.0. The Bertz CT molecular complexity index is 2630. The number of methoxy groups -OCH3 is 1. The van der Waals surface area contributed by atoms with Gasteiger partial charge in [0.05, 0.1) is 18.5 Å². The first kappa shape index (κ1) is 43.2. The van der Waals surface area contributed by atoms with E-state index in [1.54, 1.807) is 62.4 Å². The van der Waals surface area contributed by atoms with Crippen molar-refractivity contribution in [2.24, 2.45) is 5.73 Å². The van der Waals surface area contributed by atoms with Gasteiger partial charge in [0, 0.05) is 48.2 Å². The summed E-state index contributed by atoms with van der Waals surface area (Å²) in [6.45, 7) is 6.02. The summed E-state index contributed by atoms with van der Waals surface area (Å²) in [5.74, 6) is 8.34. The second kappa shape index (κ2) is 17.5. The van der Waals surface area contributed by atoms with Crippen molar-refractivity contribution in [1.82, 2.24) is 30.4 Å². The van der Waals surface area contributed by atoms with E-state index in [-0.39, 0.29) is 53.4 Å².